The van der Waals surface area contributed by atoms with Crippen LogP contribution >= 0.6 is 46.1 Å². The van der Waals surface area contributed by atoms with Crippen molar-refractivity contribution >= 4 is 51.9 Å². The second-order valence-corrected chi connectivity index (χ2v) is 6.43. The maximum atomic E-state index is 6.21. The van der Waals surface area contributed by atoms with Crippen molar-refractivity contribution in [1.29, 1.82) is 0 Å². The summed E-state index contributed by atoms with van der Waals surface area (Å²) in [5, 5.41) is 8.00. The lowest BCUT2D eigenvalue weighted by Crippen LogP contribution is -2.08. The Kier molecular flexibility index (Phi) is 3.72. The van der Waals surface area contributed by atoms with Gasteiger partial charge in [0.05, 0.1) is 21.8 Å². The first-order valence-corrected chi connectivity index (χ1v) is 7.67. The minimum atomic E-state index is 0.192. The Morgan fingerprint density at radius 3 is 2.58 bits per heavy atom. The second kappa shape index (κ2) is 5.33. The number of halogens is 3. The first-order chi connectivity index (χ1) is 9.15. The van der Waals surface area contributed by atoms with E-state index in [1.54, 1.807) is 23.5 Å². The van der Waals surface area contributed by atoms with E-state index in [2.05, 4.69) is 22.0 Å². The normalized spacial score (nSPS) is 18.3. The summed E-state index contributed by atoms with van der Waals surface area (Å²) in [6, 6.07) is 7.68. The number of thiophene rings is 1. The van der Waals surface area contributed by atoms with Crippen molar-refractivity contribution in [1.82, 2.24) is 5.43 Å². The zero-order chi connectivity index (χ0) is 13.4. The molecule has 1 aromatic carbocycles. The van der Waals surface area contributed by atoms with E-state index in [4.69, 9.17) is 34.8 Å². The predicted molar refractivity (Wildman–Crippen MR) is 82.8 cm³/mol. The first-order valence-electron chi connectivity index (χ1n) is 5.65. The zero-order valence-electron chi connectivity index (χ0n) is 9.66. The highest BCUT2D eigenvalue weighted by molar-refractivity contribution is 7.10. The van der Waals surface area contributed by atoms with E-state index in [1.165, 1.54) is 4.88 Å². The van der Waals surface area contributed by atoms with Crippen LogP contribution in [0.25, 0.3) is 0 Å². The minimum absolute atomic E-state index is 0.192. The number of rotatable bonds is 2. The summed E-state index contributed by atoms with van der Waals surface area (Å²) in [7, 11) is 0. The van der Waals surface area contributed by atoms with Gasteiger partial charge in [0.15, 0.2) is 0 Å². The highest BCUT2D eigenvalue weighted by atomic mass is 35.5. The molecule has 0 aliphatic carbocycles. The molecule has 1 atom stereocenters. The van der Waals surface area contributed by atoms with Crippen molar-refractivity contribution in [2.24, 2.45) is 5.10 Å². The van der Waals surface area contributed by atoms with Crippen molar-refractivity contribution < 1.29 is 0 Å². The van der Waals surface area contributed by atoms with Crippen LogP contribution < -0.4 is 5.43 Å². The van der Waals surface area contributed by atoms with Crippen molar-refractivity contribution in [2.75, 3.05) is 0 Å². The van der Waals surface area contributed by atoms with Crippen LogP contribution in [-0.4, -0.2) is 5.71 Å². The molecule has 2 aromatic rings. The highest BCUT2D eigenvalue weighted by Crippen LogP contribution is 2.34. The molecule has 0 saturated carbocycles. The van der Waals surface area contributed by atoms with Crippen LogP contribution in [0.1, 0.15) is 22.9 Å². The smallest absolute Gasteiger partial charge is 0.0838 e. The molecule has 98 valence electrons. The number of benzene rings is 1. The van der Waals surface area contributed by atoms with Gasteiger partial charge in [0.1, 0.15) is 0 Å². The van der Waals surface area contributed by atoms with Crippen LogP contribution in [0.15, 0.2) is 34.7 Å². The van der Waals surface area contributed by atoms with Crippen molar-refractivity contribution in [3.63, 3.8) is 0 Å². The van der Waals surface area contributed by atoms with E-state index in [9.17, 15) is 0 Å². The molecule has 1 aliphatic heterocycles. The topological polar surface area (TPSA) is 24.4 Å². The van der Waals surface area contributed by atoms with Gasteiger partial charge < -0.3 is 5.43 Å². The van der Waals surface area contributed by atoms with Gasteiger partial charge in [0.2, 0.25) is 0 Å². The monoisotopic (exact) mass is 330 g/mol. The van der Waals surface area contributed by atoms with Crippen molar-refractivity contribution in [3.8, 4) is 0 Å². The van der Waals surface area contributed by atoms with Gasteiger partial charge in [-0.15, -0.1) is 11.3 Å². The number of hydrazone groups is 1. The lowest BCUT2D eigenvalue weighted by atomic mass is 10.0. The fourth-order valence-electron chi connectivity index (χ4n) is 2.07. The molecule has 3 rings (SSSR count). The lowest BCUT2D eigenvalue weighted by molar-refractivity contribution is 0.630. The molecule has 0 saturated heterocycles. The van der Waals surface area contributed by atoms with Crippen LogP contribution in [0, 0.1) is 0 Å². The van der Waals surface area contributed by atoms with Gasteiger partial charge in [-0.2, -0.15) is 5.10 Å². The third kappa shape index (κ3) is 2.61. The van der Waals surface area contributed by atoms with Gasteiger partial charge in [0, 0.05) is 21.9 Å². The fourth-order valence-corrected chi connectivity index (χ4v) is 3.88. The molecule has 2 nitrogen and oxygen atoms in total. The maximum Gasteiger partial charge on any atom is 0.0838 e. The molecule has 1 unspecified atom stereocenters. The summed E-state index contributed by atoms with van der Waals surface area (Å²) < 4.78 is 0. The highest BCUT2D eigenvalue weighted by Gasteiger charge is 2.25. The molecule has 0 amide bonds. The summed E-state index contributed by atoms with van der Waals surface area (Å²) in [5.74, 6) is 0. The fraction of sp³-hybridized carbons (Fsp3) is 0.154. The maximum absolute atomic E-state index is 6.21. The Morgan fingerprint density at radius 2 is 1.95 bits per heavy atom. The summed E-state index contributed by atoms with van der Waals surface area (Å²) in [5.41, 5.74) is 4.75. The SMILES string of the molecule is Clc1cc(Cl)c(C2=NNC(c3cccs3)C2)c(Cl)c1. The number of hydrogen-bond donors (Lipinski definition) is 1. The molecule has 1 aromatic heterocycles. The van der Waals surface area contributed by atoms with E-state index >= 15 is 0 Å². The molecule has 2 heterocycles. The molecular formula is C13H9Cl3N2S. The van der Waals surface area contributed by atoms with E-state index in [1.807, 2.05) is 6.07 Å². The number of nitrogens with one attached hydrogen (secondary N) is 1. The summed E-state index contributed by atoms with van der Waals surface area (Å²) >= 11 is 20.0. The molecule has 19 heavy (non-hydrogen) atoms. The Bertz CT molecular complexity index is 614. The van der Waals surface area contributed by atoms with Crippen molar-refractivity contribution in [3.05, 3.63) is 55.2 Å². The quantitative estimate of drug-likeness (QED) is 0.809. The van der Waals surface area contributed by atoms with Crippen LogP contribution in [0.3, 0.4) is 0 Å². The average Bonchev–Trinajstić information content (AvgIpc) is 2.97. The van der Waals surface area contributed by atoms with E-state index in [0.29, 0.717) is 15.1 Å². The van der Waals surface area contributed by atoms with E-state index in [-0.39, 0.29) is 6.04 Å². The number of nitrogens with zero attached hydrogens (tertiary/aromatic N) is 1. The van der Waals surface area contributed by atoms with E-state index in [0.717, 1.165) is 17.7 Å². The third-order valence-corrected chi connectivity index (χ3v) is 4.74. The molecule has 0 bridgehead atoms. The Morgan fingerprint density at radius 1 is 1.21 bits per heavy atom. The molecule has 6 heteroatoms. The molecule has 0 spiro atoms. The molecule has 0 radical (unpaired) electrons. The van der Waals surface area contributed by atoms with E-state index < -0.39 is 0 Å². The predicted octanol–water partition coefficient (Wildman–Crippen LogP) is 5.15. The van der Waals surface area contributed by atoms with Crippen LogP contribution in [0.4, 0.5) is 0 Å². The van der Waals surface area contributed by atoms with Gasteiger partial charge in [0.25, 0.3) is 0 Å². The van der Waals surface area contributed by atoms with Crippen LogP contribution in [0.2, 0.25) is 15.1 Å². The van der Waals surface area contributed by atoms with Gasteiger partial charge in [-0.05, 0) is 23.6 Å². The van der Waals surface area contributed by atoms with Crippen LogP contribution in [0.5, 0.6) is 0 Å². The Balaban J connectivity index is 1.89. The Labute approximate surface area is 130 Å². The zero-order valence-corrected chi connectivity index (χ0v) is 12.7. The standard InChI is InChI=1S/C13H9Cl3N2S/c14-7-4-8(15)13(9(16)5-7)11-6-10(17-18-11)12-2-1-3-19-12/h1-5,10,17H,6H2. The van der Waals surface area contributed by atoms with Gasteiger partial charge >= 0.3 is 0 Å². The molecule has 0 fully saturated rings. The number of hydrogen-bond acceptors (Lipinski definition) is 3. The van der Waals surface area contributed by atoms with Gasteiger partial charge in [-0.3, -0.25) is 0 Å². The first kappa shape index (κ1) is 13.3. The summed E-state index contributed by atoms with van der Waals surface area (Å²) in [4.78, 5) is 1.25. The molecule has 1 aliphatic rings. The Hall–Kier alpha value is -0.740. The largest absolute Gasteiger partial charge is 0.301 e. The van der Waals surface area contributed by atoms with Gasteiger partial charge in [-0.1, -0.05) is 40.9 Å². The third-order valence-electron chi connectivity index (χ3n) is 2.93. The van der Waals surface area contributed by atoms with Crippen molar-refractivity contribution in [2.45, 2.75) is 12.5 Å². The second-order valence-electron chi connectivity index (χ2n) is 4.20. The van der Waals surface area contributed by atoms with Gasteiger partial charge in [-0.25, -0.2) is 0 Å². The summed E-state index contributed by atoms with van der Waals surface area (Å²) in [6.45, 7) is 0. The minimum Gasteiger partial charge on any atom is -0.301 e. The molecular weight excluding hydrogens is 323 g/mol. The molecule has 1 N–H and O–H groups in total. The summed E-state index contributed by atoms with van der Waals surface area (Å²) in [6.07, 6.45) is 0.765. The average molecular weight is 332 g/mol. The lowest BCUT2D eigenvalue weighted by Gasteiger charge is -2.08. The van der Waals surface area contributed by atoms with Crippen LogP contribution in [-0.2, 0) is 0 Å².